The van der Waals surface area contributed by atoms with E-state index in [2.05, 4.69) is 10.2 Å². The Morgan fingerprint density at radius 3 is 2.53 bits per heavy atom. The van der Waals surface area contributed by atoms with E-state index in [9.17, 15) is 4.79 Å². The molecule has 0 radical (unpaired) electrons. The summed E-state index contributed by atoms with van der Waals surface area (Å²) in [6, 6.07) is 0.160. The van der Waals surface area contributed by atoms with Gasteiger partial charge in [0, 0.05) is 24.7 Å². The summed E-state index contributed by atoms with van der Waals surface area (Å²) in [4.78, 5) is 14.0. The molecule has 1 aliphatic rings. The van der Waals surface area contributed by atoms with Gasteiger partial charge in [-0.25, -0.2) is 0 Å². The van der Waals surface area contributed by atoms with Crippen molar-refractivity contribution in [1.29, 1.82) is 0 Å². The molecule has 0 aromatic heterocycles. The molecule has 0 aliphatic carbocycles. The Balaban J connectivity index is 2.46. The van der Waals surface area contributed by atoms with Crippen molar-refractivity contribution in [2.45, 2.75) is 51.7 Å². The molecule has 1 rings (SSSR count). The normalized spacial score (nSPS) is 25.3. The summed E-state index contributed by atoms with van der Waals surface area (Å²) in [6.07, 6.45) is 0.993. The molecule has 1 amide bonds. The highest BCUT2D eigenvalue weighted by Gasteiger charge is 2.29. The molecule has 1 heterocycles. The molecule has 3 N–H and O–H groups in total. The third-order valence-electron chi connectivity index (χ3n) is 2.68. The number of hydrogen-bond acceptors (Lipinski definition) is 3. The van der Waals surface area contributed by atoms with Gasteiger partial charge in [0.15, 0.2) is 0 Å². The molecule has 0 aromatic rings. The number of nitrogens with zero attached hydrogens (tertiary/aromatic N) is 1. The van der Waals surface area contributed by atoms with Gasteiger partial charge in [-0.1, -0.05) is 0 Å². The smallest absolute Gasteiger partial charge is 0.237 e. The Labute approximate surface area is 92.2 Å². The fraction of sp³-hybridized carbons (Fsp3) is 0.909. The molecule has 88 valence electrons. The molecule has 1 unspecified atom stereocenters. The van der Waals surface area contributed by atoms with Crippen molar-refractivity contribution < 1.29 is 4.79 Å². The molecule has 1 fully saturated rings. The van der Waals surface area contributed by atoms with Crippen molar-refractivity contribution in [1.82, 2.24) is 10.2 Å². The standard InChI is InChI=1S/C11H23N3O/c1-8(10(15)13-11(2,3)4)14-6-5-9(12)7-14/h8-9H,5-7,12H2,1-4H3,(H,13,15)/t8?,9-/m1/s1. The molecule has 0 bridgehead atoms. The Morgan fingerprint density at radius 2 is 2.13 bits per heavy atom. The lowest BCUT2D eigenvalue weighted by molar-refractivity contribution is -0.127. The van der Waals surface area contributed by atoms with Crippen molar-refractivity contribution in [3.05, 3.63) is 0 Å². The second kappa shape index (κ2) is 4.49. The molecular formula is C11H23N3O. The highest BCUT2D eigenvalue weighted by Crippen LogP contribution is 2.12. The zero-order valence-electron chi connectivity index (χ0n) is 10.2. The summed E-state index contributed by atoms with van der Waals surface area (Å²) in [7, 11) is 0. The van der Waals surface area contributed by atoms with Crippen LogP contribution in [0.2, 0.25) is 0 Å². The molecule has 0 spiro atoms. The van der Waals surface area contributed by atoms with Gasteiger partial charge >= 0.3 is 0 Å². The maximum Gasteiger partial charge on any atom is 0.237 e. The minimum absolute atomic E-state index is 0.0715. The molecule has 1 aliphatic heterocycles. The monoisotopic (exact) mass is 213 g/mol. The number of nitrogens with one attached hydrogen (secondary N) is 1. The van der Waals surface area contributed by atoms with Crippen LogP contribution >= 0.6 is 0 Å². The first-order valence-electron chi connectivity index (χ1n) is 5.61. The van der Waals surface area contributed by atoms with Crippen LogP contribution in [0.5, 0.6) is 0 Å². The summed E-state index contributed by atoms with van der Waals surface area (Å²) >= 11 is 0. The van der Waals surface area contributed by atoms with Gasteiger partial charge in [-0.2, -0.15) is 0 Å². The number of hydrogen-bond donors (Lipinski definition) is 2. The Kier molecular flexibility index (Phi) is 3.73. The molecular weight excluding hydrogens is 190 g/mol. The summed E-state index contributed by atoms with van der Waals surface area (Å²) in [5, 5.41) is 2.99. The molecule has 1 saturated heterocycles. The van der Waals surface area contributed by atoms with Crippen molar-refractivity contribution in [3.63, 3.8) is 0 Å². The molecule has 0 aromatic carbocycles. The van der Waals surface area contributed by atoms with Gasteiger partial charge in [-0.15, -0.1) is 0 Å². The van der Waals surface area contributed by atoms with E-state index in [0.717, 1.165) is 19.5 Å². The quantitative estimate of drug-likeness (QED) is 0.694. The van der Waals surface area contributed by atoms with E-state index in [1.807, 2.05) is 27.7 Å². The fourth-order valence-electron chi connectivity index (χ4n) is 1.81. The molecule has 4 heteroatoms. The van der Waals surface area contributed by atoms with Crippen LogP contribution in [0.15, 0.2) is 0 Å². The van der Waals surface area contributed by atoms with Crippen molar-refractivity contribution in [2.24, 2.45) is 5.73 Å². The van der Waals surface area contributed by atoms with Gasteiger partial charge in [-0.05, 0) is 34.1 Å². The van der Waals surface area contributed by atoms with Crippen LogP contribution in [0.25, 0.3) is 0 Å². The van der Waals surface area contributed by atoms with Gasteiger partial charge < -0.3 is 11.1 Å². The van der Waals surface area contributed by atoms with E-state index in [1.165, 1.54) is 0 Å². The third kappa shape index (κ3) is 3.80. The second-order valence-corrected chi connectivity index (χ2v) is 5.46. The predicted octanol–water partition coefficient (Wildman–Crippen LogP) is 0.323. The number of rotatable bonds is 2. The van der Waals surface area contributed by atoms with E-state index in [1.54, 1.807) is 0 Å². The topological polar surface area (TPSA) is 58.4 Å². The van der Waals surface area contributed by atoms with E-state index in [4.69, 9.17) is 5.73 Å². The minimum atomic E-state index is -0.160. The van der Waals surface area contributed by atoms with E-state index in [-0.39, 0.29) is 23.5 Å². The highest BCUT2D eigenvalue weighted by atomic mass is 16.2. The summed E-state index contributed by atoms with van der Waals surface area (Å²) in [5.41, 5.74) is 5.66. The first-order valence-corrected chi connectivity index (χ1v) is 5.61. The van der Waals surface area contributed by atoms with Gasteiger partial charge in [-0.3, -0.25) is 9.69 Å². The number of carbonyl (C=O) groups excluding carboxylic acids is 1. The van der Waals surface area contributed by atoms with E-state index in [0.29, 0.717) is 0 Å². The summed E-state index contributed by atoms with van der Waals surface area (Å²) in [6.45, 7) is 9.69. The third-order valence-corrected chi connectivity index (χ3v) is 2.68. The van der Waals surface area contributed by atoms with Crippen molar-refractivity contribution >= 4 is 5.91 Å². The lowest BCUT2D eigenvalue weighted by Gasteiger charge is -2.28. The van der Waals surface area contributed by atoms with Crippen LogP contribution in [0.4, 0.5) is 0 Å². The van der Waals surface area contributed by atoms with E-state index < -0.39 is 0 Å². The average Bonchev–Trinajstić information content (AvgIpc) is 2.47. The van der Waals surface area contributed by atoms with Crippen LogP contribution in [-0.4, -0.2) is 41.5 Å². The van der Waals surface area contributed by atoms with Crippen LogP contribution in [0.1, 0.15) is 34.1 Å². The average molecular weight is 213 g/mol. The maximum absolute atomic E-state index is 11.9. The zero-order chi connectivity index (χ0) is 11.6. The van der Waals surface area contributed by atoms with Gasteiger partial charge in [0.1, 0.15) is 0 Å². The Hall–Kier alpha value is -0.610. The largest absolute Gasteiger partial charge is 0.350 e. The molecule has 0 saturated carbocycles. The lowest BCUT2D eigenvalue weighted by atomic mass is 10.1. The van der Waals surface area contributed by atoms with Gasteiger partial charge in [0.05, 0.1) is 6.04 Å². The highest BCUT2D eigenvalue weighted by molar-refractivity contribution is 5.82. The molecule has 15 heavy (non-hydrogen) atoms. The maximum atomic E-state index is 11.9. The number of carbonyl (C=O) groups is 1. The van der Waals surface area contributed by atoms with E-state index >= 15 is 0 Å². The van der Waals surface area contributed by atoms with Gasteiger partial charge in [0.25, 0.3) is 0 Å². The first kappa shape index (κ1) is 12.5. The van der Waals surface area contributed by atoms with Crippen LogP contribution in [-0.2, 0) is 4.79 Å². The summed E-state index contributed by atoms with van der Waals surface area (Å²) < 4.78 is 0. The van der Waals surface area contributed by atoms with Crippen LogP contribution in [0, 0.1) is 0 Å². The van der Waals surface area contributed by atoms with Crippen LogP contribution < -0.4 is 11.1 Å². The first-order chi connectivity index (χ1) is 6.79. The van der Waals surface area contributed by atoms with Crippen molar-refractivity contribution in [2.75, 3.05) is 13.1 Å². The lowest BCUT2D eigenvalue weighted by Crippen LogP contribution is -2.50. The number of likely N-dealkylation sites (tertiary alicyclic amines) is 1. The number of amides is 1. The Bertz CT molecular complexity index is 234. The van der Waals surface area contributed by atoms with Crippen molar-refractivity contribution in [3.8, 4) is 0 Å². The number of nitrogens with two attached hydrogens (primary N) is 1. The molecule has 4 nitrogen and oxygen atoms in total. The van der Waals surface area contributed by atoms with Crippen LogP contribution in [0.3, 0.4) is 0 Å². The fourth-order valence-corrected chi connectivity index (χ4v) is 1.81. The molecule has 2 atom stereocenters. The second-order valence-electron chi connectivity index (χ2n) is 5.46. The predicted molar refractivity (Wildman–Crippen MR) is 61.5 cm³/mol. The minimum Gasteiger partial charge on any atom is -0.350 e. The zero-order valence-corrected chi connectivity index (χ0v) is 10.2. The van der Waals surface area contributed by atoms with Gasteiger partial charge in [0.2, 0.25) is 5.91 Å². The SMILES string of the molecule is CC(C(=O)NC(C)(C)C)N1CC[C@@H](N)C1. The summed E-state index contributed by atoms with van der Waals surface area (Å²) in [5.74, 6) is 0.0941. The Morgan fingerprint density at radius 1 is 1.53 bits per heavy atom.